The van der Waals surface area contributed by atoms with Gasteiger partial charge in [0.15, 0.2) is 15.9 Å². The average molecular weight is 384 g/mol. The van der Waals surface area contributed by atoms with Gasteiger partial charge in [-0.05, 0) is 22.9 Å². The monoisotopic (exact) mass is 383 g/mol. The standard InChI is InChI=1S/C11H14BrNO7S/c1-6(14)19-4-11(2)9(10(16)20-5-12)13-7(15)3-8(13)21(11,17)18/h8-9H,3-5H2,1-2H3/t8-,9+,11+/m1/s1. The number of alkyl halides is 1. The van der Waals surface area contributed by atoms with Gasteiger partial charge in [-0.1, -0.05) is 0 Å². The minimum absolute atomic E-state index is 0.126. The highest BCUT2D eigenvalue weighted by Crippen LogP contribution is 2.46. The van der Waals surface area contributed by atoms with Gasteiger partial charge < -0.3 is 14.4 Å². The second kappa shape index (κ2) is 5.24. The Kier molecular flexibility index (Phi) is 4.04. The summed E-state index contributed by atoms with van der Waals surface area (Å²) >= 11 is 2.91. The molecular formula is C11H14BrNO7S. The maximum Gasteiger partial charge on any atom is 0.331 e. The summed E-state index contributed by atoms with van der Waals surface area (Å²) in [6.45, 7) is 1.92. The summed E-state index contributed by atoms with van der Waals surface area (Å²) in [5.41, 5.74) is -0.126. The van der Waals surface area contributed by atoms with E-state index in [9.17, 15) is 22.8 Å². The van der Waals surface area contributed by atoms with Crippen LogP contribution in [0.1, 0.15) is 20.3 Å². The molecule has 0 unspecified atom stereocenters. The lowest BCUT2D eigenvalue weighted by atomic mass is 9.97. The maximum atomic E-state index is 12.5. The van der Waals surface area contributed by atoms with Crippen LogP contribution in [-0.2, 0) is 33.7 Å². The first-order valence-corrected chi connectivity index (χ1v) is 8.74. The second-order valence-corrected chi connectivity index (χ2v) is 8.10. The molecule has 0 aromatic rings. The van der Waals surface area contributed by atoms with E-state index in [1.165, 1.54) is 6.92 Å². The third-order valence-corrected chi connectivity index (χ3v) is 6.77. The van der Waals surface area contributed by atoms with E-state index in [2.05, 4.69) is 15.9 Å². The summed E-state index contributed by atoms with van der Waals surface area (Å²) in [4.78, 5) is 35.7. The number of carbonyl (C=O) groups excluding carboxylic acids is 3. The van der Waals surface area contributed by atoms with E-state index in [1.54, 1.807) is 0 Å². The van der Waals surface area contributed by atoms with Crippen molar-refractivity contribution in [2.24, 2.45) is 0 Å². The van der Waals surface area contributed by atoms with Crippen molar-refractivity contribution in [3.63, 3.8) is 0 Å². The molecule has 2 fully saturated rings. The first-order chi connectivity index (χ1) is 9.66. The number of ether oxygens (including phenoxy) is 2. The molecule has 8 nitrogen and oxygen atoms in total. The molecule has 2 aliphatic heterocycles. The van der Waals surface area contributed by atoms with Gasteiger partial charge in [0.05, 0.1) is 6.42 Å². The molecule has 3 atom stereocenters. The van der Waals surface area contributed by atoms with Gasteiger partial charge >= 0.3 is 11.9 Å². The number of sulfone groups is 1. The Morgan fingerprint density at radius 2 is 2.05 bits per heavy atom. The van der Waals surface area contributed by atoms with Crippen LogP contribution in [0, 0.1) is 0 Å². The third kappa shape index (κ3) is 2.24. The summed E-state index contributed by atoms with van der Waals surface area (Å²) < 4.78 is 33.0. The maximum absolute atomic E-state index is 12.5. The number of fused-ring (bicyclic) bond motifs is 1. The Bertz CT molecular complexity index is 604. The lowest BCUT2D eigenvalue weighted by molar-refractivity contribution is -0.161. The van der Waals surface area contributed by atoms with Crippen LogP contribution in [0.4, 0.5) is 0 Å². The van der Waals surface area contributed by atoms with Crippen LogP contribution >= 0.6 is 15.9 Å². The van der Waals surface area contributed by atoms with Crippen molar-refractivity contribution in [2.75, 3.05) is 12.1 Å². The summed E-state index contributed by atoms with van der Waals surface area (Å²) in [7, 11) is -3.86. The van der Waals surface area contributed by atoms with Crippen LogP contribution in [-0.4, -0.2) is 59.4 Å². The smallest absolute Gasteiger partial charge is 0.331 e. The first-order valence-electron chi connectivity index (χ1n) is 6.07. The molecule has 118 valence electrons. The lowest BCUT2D eigenvalue weighted by Crippen LogP contribution is -2.58. The molecule has 0 spiro atoms. The van der Waals surface area contributed by atoms with Crippen molar-refractivity contribution < 1.29 is 32.3 Å². The van der Waals surface area contributed by atoms with E-state index in [1.807, 2.05) is 0 Å². The SMILES string of the molecule is CC(=O)OC[C@@]1(C)[C@H](C(=O)OCBr)N2C(=O)C[C@H]2S1(=O)=O. The number of halogens is 1. The topological polar surface area (TPSA) is 107 Å². The van der Waals surface area contributed by atoms with E-state index in [-0.39, 0.29) is 11.9 Å². The highest BCUT2D eigenvalue weighted by Gasteiger charge is 2.70. The quantitative estimate of drug-likeness (QED) is 0.367. The Morgan fingerprint density at radius 3 is 2.52 bits per heavy atom. The molecule has 2 rings (SSSR count). The van der Waals surface area contributed by atoms with E-state index in [0.717, 1.165) is 11.8 Å². The van der Waals surface area contributed by atoms with Gasteiger partial charge in [-0.3, -0.25) is 9.59 Å². The van der Waals surface area contributed by atoms with Gasteiger partial charge in [-0.25, -0.2) is 13.2 Å². The molecule has 1 amide bonds. The molecule has 2 heterocycles. The lowest BCUT2D eigenvalue weighted by Gasteiger charge is -2.36. The van der Waals surface area contributed by atoms with Crippen molar-refractivity contribution in [1.29, 1.82) is 0 Å². The highest BCUT2D eigenvalue weighted by atomic mass is 79.9. The van der Waals surface area contributed by atoms with Gasteiger partial charge in [0, 0.05) is 6.92 Å². The van der Waals surface area contributed by atoms with Crippen LogP contribution in [0.3, 0.4) is 0 Å². The third-order valence-electron chi connectivity index (χ3n) is 3.79. The largest absolute Gasteiger partial charge is 0.464 e. The number of amides is 1. The normalized spacial score (nSPS) is 33.1. The molecule has 0 aliphatic carbocycles. The van der Waals surface area contributed by atoms with Gasteiger partial charge in [0.2, 0.25) is 5.91 Å². The van der Waals surface area contributed by atoms with Crippen molar-refractivity contribution in [3.8, 4) is 0 Å². The van der Waals surface area contributed by atoms with Crippen molar-refractivity contribution in [1.82, 2.24) is 4.90 Å². The predicted octanol–water partition coefficient (Wildman–Crippen LogP) is -0.441. The van der Waals surface area contributed by atoms with Gasteiger partial charge in [-0.2, -0.15) is 0 Å². The van der Waals surface area contributed by atoms with Gasteiger partial charge in [0.1, 0.15) is 22.2 Å². The number of carbonyl (C=O) groups is 3. The fourth-order valence-corrected chi connectivity index (χ4v) is 5.12. The Morgan fingerprint density at radius 1 is 1.43 bits per heavy atom. The molecule has 0 N–H and O–H groups in total. The molecule has 0 saturated carbocycles. The minimum atomic E-state index is -3.86. The zero-order valence-corrected chi connectivity index (χ0v) is 13.8. The first kappa shape index (κ1) is 16.2. The number of rotatable bonds is 4. The number of hydrogen-bond acceptors (Lipinski definition) is 7. The fourth-order valence-electron chi connectivity index (χ4n) is 2.63. The van der Waals surface area contributed by atoms with E-state index in [0.29, 0.717) is 0 Å². The number of esters is 2. The van der Waals surface area contributed by atoms with Crippen LogP contribution in [0.2, 0.25) is 0 Å². The average Bonchev–Trinajstić information content (AvgIpc) is 2.51. The van der Waals surface area contributed by atoms with E-state index >= 15 is 0 Å². The van der Waals surface area contributed by atoms with Gasteiger partial charge in [0.25, 0.3) is 0 Å². The Labute approximate surface area is 129 Å². The zero-order chi connectivity index (χ0) is 16.0. The minimum Gasteiger partial charge on any atom is -0.464 e. The molecule has 21 heavy (non-hydrogen) atoms. The fraction of sp³-hybridized carbons (Fsp3) is 0.727. The second-order valence-electron chi connectivity index (χ2n) is 5.07. The number of β-lactam (4-membered cyclic amide) rings is 1. The molecule has 0 bridgehead atoms. The molecular weight excluding hydrogens is 370 g/mol. The highest BCUT2D eigenvalue weighted by molar-refractivity contribution is 9.09. The van der Waals surface area contributed by atoms with Crippen molar-refractivity contribution in [2.45, 2.75) is 36.4 Å². The summed E-state index contributed by atoms with van der Waals surface area (Å²) in [6.07, 6.45) is -0.171. The number of hydrogen-bond donors (Lipinski definition) is 0. The Balaban J connectivity index is 2.43. The summed E-state index contributed by atoms with van der Waals surface area (Å²) in [6, 6.07) is -1.31. The molecule has 0 aromatic carbocycles. The molecule has 0 radical (unpaired) electrons. The predicted molar refractivity (Wildman–Crippen MR) is 72.9 cm³/mol. The number of nitrogens with zero attached hydrogens (tertiary/aromatic N) is 1. The molecule has 0 aromatic heterocycles. The van der Waals surface area contributed by atoms with Gasteiger partial charge in [-0.15, -0.1) is 0 Å². The summed E-state index contributed by atoms with van der Waals surface area (Å²) in [5, 5.41) is -1.06. The molecule has 2 aliphatic rings. The molecule has 10 heteroatoms. The van der Waals surface area contributed by atoms with E-state index < -0.39 is 50.5 Å². The van der Waals surface area contributed by atoms with Crippen molar-refractivity contribution >= 4 is 43.6 Å². The molecule has 2 saturated heterocycles. The van der Waals surface area contributed by atoms with Crippen LogP contribution in [0.5, 0.6) is 0 Å². The van der Waals surface area contributed by atoms with Crippen molar-refractivity contribution in [3.05, 3.63) is 0 Å². The van der Waals surface area contributed by atoms with Crippen LogP contribution in [0.25, 0.3) is 0 Å². The Hall–Kier alpha value is -1.16. The van der Waals surface area contributed by atoms with Crippen LogP contribution < -0.4 is 0 Å². The van der Waals surface area contributed by atoms with Crippen LogP contribution in [0.15, 0.2) is 0 Å². The zero-order valence-electron chi connectivity index (χ0n) is 11.4. The van der Waals surface area contributed by atoms with E-state index in [4.69, 9.17) is 9.47 Å². The summed E-state index contributed by atoms with van der Waals surface area (Å²) in [5.74, 6) is -1.95.